The fourth-order valence-corrected chi connectivity index (χ4v) is 6.35. The van der Waals surface area contributed by atoms with Crippen LogP contribution >= 0.6 is 45.2 Å². The molecule has 2 aromatic rings. The van der Waals surface area contributed by atoms with Crippen LogP contribution in [0.15, 0.2) is 36.4 Å². The topological polar surface area (TPSA) is 136 Å². The maximum Gasteiger partial charge on any atom is 0.364 e. The molecule has 218 valence electrons. The van der Waals surface area contributed by atoms with Crippen molar-refractivity contribution in [2.75, 3.05) is 6.61 Å². The summed E-state index contributed by atoms with van der Waals surface area (Å²) in [6, 6.07) is 8.61. The first-order valence-corrected chi connectivity index (χ1v) is 15.3. The third-order valence-corrected chi connectivity index (χ3v) is 8.44. The number of ether oxygens (including phenoxy) is 3. The number of esters is 3. The molecule has 2 aromatic carbocycles. The molecule has 0 radical (unpaired) electrons. The molecule has 0 saturated heterocycles. The van der Waals surface area contributed by atoms with Crippen molar-refractivity contribution in [2.24, 2.45) is 0 Å². The van der Waals surface area contributed by atoms with Crippen LogP contribution < -0.4 is 4.74 Å². The van der Waals surface area contributed by atoms with Crippen molar-refractivity contribution in [1.29, 1.82) is 0 Å². The fourth-order valence-electron chi connectivity index (χ4n) is 3.96. The zero-order chi connectivity index (χ0) is 29.9. The van der Waals surface area contributed by atoms with Gasteiger partial charge in [0.05, 0.1) is 21.3 Å². The highest BCUT2D eigenvalue weighted by Gasteiger charge is 2.47. The van der Waals surface area contributed by atoms with Gasteiger partial charge in [-0.2, -0.15) is 8.78 Å². The van der Waals surface area contributed by atoms with E-state index in [1.165, 1.54) is 24.3 Å². The minimum atomic E-state index is -6.27. The Kier molecular flexibility index (Phi) is 10.5. The Labute approximate surface area is 255 Å². The number of halogens is 5. The van der Waals surface area contributed by atoms with Gasteiger partial charge in [0, 0.05) is 9.99 Å². The van der Waals surface area contributed by atoms with Gasteiger partial charge in [-0.25, -0.2) is 27.2 Å². The normalized spacial score (nSPS) is 15.8. The zero-order valence-electron chi connectivity index (χ0n) is 20.8. The Morgan fingerprint density at radius 2 is 1.60 bits per heavy atom. The van der Waals surface area contributed by atoms with Crippen LogP contribution in [0.5, 0.6) is 5.75 Å². The molecule has 0 heterocycles. The summed E-state index contributed by atoms with van der Waals surface area (Å²) in [5.41, 5.74) is -1.16. The molecule has 0 N–H and O–H groups in total. The monoisotopic (exact) mass is 809 g/mol. The molecule has 40 heavy (non-hydrogen) atoms. The third kappa shape index (κ3) is 7.64. The van der Waals surface area contributed by atoms with Crippen LogP contribution in [-0.2, 0) is 19.6 Å². The molecule has 0 aromatic heterocycles. The van der Waals surface area contributed by atoms with Gasteiger partial charge in [-0.05, 0) is 102 Å². The van der Waals surface area contributed by atoms with Crippen molar-refractivity contribution in [3.05, 3.63) is 60.2 Å². The van der Waals surface area contributed by atoms with Crippen molar-refractivity contribution in [1.82, 2.24) is 0 Å². The molecule has 1 fully saturated rings. The highest BCUT2D eigenvalue weighted by Crippen LogP contribution is 2.35. The van der Waals surface area contributed by atoms with E-state index in [2.05, 4.69) is 0 Å². The number of alkyl halides is 3. The highest BCUT2D eigenvalue weighted by atomic mass is 127. The summed E-state index contributed by atoms with van der Waals surface area (Å²) in [6.45, 7) is 0.810. The second-order valence-electron chi connectivity index (χ2n) is 9.15. The number of rotatable bonds is 10. The fraction of sp³-hybridized carbons (Fsp3) is 0.400. The van der Waals surface area contributed by atoms with Crippen LogP contribution in [0.25, 0.3) is 0 Å². The molecule has 1 aliphatic rings. The van der Waals surface area contributed by atoms with E-state index in [-0.39, 0.29) is 26.0 Å². The standard InChI is InChI=1S/C25H23F3I2O9S/c1-24(9-4-5-10-24)39-23(33)16-7-3-2-6-15(16)22(32)38-20-17(12-14(29)13-18(20)30)21(31)37-11-8-19(26)25(27,28)40(34,35)36/h2-3,6-7,12-13,19H,4-5,8-11H2,1H3,(H,34,35,36)/p-1. The first-order chi connectivity index (χ1) is 18.6. The average molecular weight is 809 g/mol. The van der Waals surface area contributed by atoms with Gasteiger partial charge in [-0.1, -0.05) is 12.1 Å². The van der Waals surface area contributed by atoms with Crippen LogP contribution in [0, 0.1) is 7.14 Å². The molecular formula is C25H22F3I2O9S-. The van der Waals surface area contributed by atoms with E-state index in [4.69, 9.17) is 14.2 Å². The number of hydrogen-bond acceptors (Lipinski definition) is 9. The third-order valence-electron chi connectivity index (χ3n) is 6.09. The van der Waals surface area contributed by atoms with Crippen molar-refractivity contribution >= 4 is 73.2 Å². The van der Waals surface area contributed by atoms with Gasteiger partial charge in [0.25, 0.3) is 0 Å². The first kappa shape index (κ1) is 32.5. The summed E-state index contributed by atoms with van der Waals surface area (Å²) in [5.74, 6) is -3.18. The number of carbonyl (C=O) groups is 3. The van der Waals surface area contributed by atoms with Gasteiger partial charge in [0.1, 0.15) is 11.2 Å². The molecule has 0 aliphatic heterocycles. The maximum absolute atomic E-state index is 13.7. The minimum absolute atomic E-state index is 0.0477. The van der Waals surface area contributed by atoms with Crippen LogP contribution in [0.2, 0.25) is 0 Å². The quantitative estimate of drug-likeness (QED) is 0.130. The lowest BCUT2D eigenvalue weighted by atomic mass is 10.0. The molecule has 0 spiro atoms. The Morgan fingerprint density at radius 3 is 2.17 bits per heavy atom. The van der Waals surface area contributed by atoms with E-state index >= 15 is 0 Å². The van der Waals surface area contributed by atoms with Gasteiger partial charge in [-0.15, -0.1) is 0 Å². The number of hydrogen-bond donors (Lipinski definition) is 0. The van der Waals surface area contributed by atoms with Crippen LogP contribution in [0.1, 0.15) is 70.1 Å². The summed E-state index contributed by atoms with van der Waals surface area (Å²) in [4.78, 5) is 38.8. The summed E-state index contributed by atoms with van der Waals surface area (Å²) in [6.07, 6.45) is -1.52. The Hall–Kier alpha value is -1.99. The number of carbonyl (C=O) groups excluding carboxylic acids is 3. The summed E-state index contributed by atoms with van der Waals surface area (Å²) in [7, 11) is -6.27. The van der Waals surface area contributed by atoms with Crippen molar-refractivity contribution < 1.29 is 54.7 Å². The molecule has 1 aliphatic carbocycles. The minimum Gasteiger partial charge on any atom is -0.743 e. The molecule has 0 bridgehead atoms. The van der Waals surface area contributed by atoms with Crippen molar-refractivity contribution in [3.8, 4) is 5.75 Å². The lowest BCUT2D eigenvalue weighted by Crippen LogP contribution is -2.39. The largest absolute Gasteiger partial charge is 0.743 e. The first-order valence-electron chi connectivity index (χ1n) is 11.7. The molecule has 1 unspecified atom stereocenters. The SMILES string of the molecule is CC1(OC(=O)c2ccccc2C(=O)Oc2c(I)cc(I)cc2C(=O)OCCC(F)C(F)(F)S(=O)(=O)[O-])CCCC1. The van der Waals surface area contributed by atoms with Crippen LogP contribution in [-0.4, -0.2) is 54.5 Å². The Bertz CT molecular complexity index is 1410. The predicted molar refractivity (Wildman–Crippen MR) is 150 cm³/mol. The summed E-state index contributed by atoms with van der Waals surface area (Å²) >= 11 is 3.64. The molecule has 0 amide bonds. The van der Waals surface area contributed by atoms with E-state index in [9.17, 15) is 40.5 Å². The lowest BCUT2D eigenvalue weighted by Gasteiger charge is -2.24. The average Bonchev–Trinajstić information content (AvgIpc) is 3.30. The van der Waals surface area contributed by atoms with Gasteiger partial charge >= 0.3 is 23.2 Å². The van der Waals surface area contributed by atoms with E-state index in [1.807, 2.05) is 29.5 Å². The van der Waals surface area contributed by atoms with Gasteiger partial charge < -0.3 is 18.8 Å². The Balaban J connectivity index is 1.79. The summed E-state index contributed by atoms with van der Waals surface area (Å²) in [5, 5.41) is -5.21. The predicted octanol–water partition coefficient (Wildman–Crippen LogP) is 5.63. The van der Waals surface area contributed by atoms with E-state index in [0.717, 1.165) is 12.8 Å². The molecule has 15 heteroatoms. The molecule has 1 atom stereocenters. The molecular weight excluding hydrogens is 787 g/mol. The summed E-state index contributed by atoms with van der Waals surface area (Å²) < 4.78 is 88.9. The second kappa shape index (κ2) is 12.9. The smallest absolute Gasteiger partial charge is 0.364 e. The van der Waals surface area contributed by atoms with E-state index in [0.29, 0.717) is 16.4 Å². The van der Waals surface area contributed by atoms with E-state index in [1.54, 1.807) is 34.7 Å². The maximum atomic E-state index is 13.7. The lowest BCUT2D eigenvalue weighted by molar-refractivity contribution is -0.0170. The molecule has 3 rings (SSSR count). The molecule has 9 nitrogen and oxygen atoms in total. The van der Waals surface area contributed by atoms with Crippen molar-refractivity contribution in [3.63, 3.8) is 0 Å². The zero-order valence-corrected chi connectivity index (χ0v) is 25.9. The second-order valence-corrected chi connectivity index (χ2v) is 13.0. The van der Waals surface area contributed by atoms with Crippen LogP contribution in [0.4, 0.5) is 13.2 Å². The van der Waals surface area contributed by atoms with E-state index < -0.39 is 58.1 Å². The number of benzene rings is 2. The molecule has 1 saturated carbocycles. The highest BCUT2D eigenvalue weighted by molar-refractivity contribution is 14.1. The van der Waals surface area contributed by atoms with Gasteiger partial charge in [0.2, 0.25) is 0 Å². The van der Waals surface area contributed by atoms with Crippen molar-refractivity contribution in [2.45, 2.75) is 56.1 Å². The van der Waals surface area contributed by atoms with Gasteiger partial charge in [-0.3, -0.25) is 0 Å². The Morgan fingerprint density at radius 1 is 1.02 bits per heavy atom. The van der Waals surface area contributed by atoms with Crippen LogP contribution in [0.3, 0.4) is 0 Å². The van der Waals surface area contributed by atoms with Gasteiger partial charge in [0.15, 0.2) is 22.0 Å².